The molecule has 0 atom stereocenters. The van der Waals surface area contributed by atoms with E-state index < -0.39 is 12.8 Å². The number of hydrogen-bond donors (Lipinski definition) is 2. The molecular formula is C10H11F3N2O2. The Morgan fingerprint density at radius 1 is 1.35 bits per heavy atom. The quantitative estimate of drug-likeness (QED) is 0.370. The lowest BCUT2D eigenvalue weighted by Gasteiger charge is -2.10. The molecule has 0 aliphatic carbocycles. The highest BCUT2D eigenvalue weighted by Crippen LogP contribution is 2.16. The molecule has 1 rings (SSSR count). The monoisotopic (exact) mass is 248 g/mol. The van der Waals surface area contributed by atoms with Crippen LogP contribution in [-0.2, 0) is 11.3 Å². The molecule has 0 saturated carbocycles. The van der Waals surface area contributed by atoms with Gasteiger partial charge in [-0.1, -0.05) is 29.4 Å². The third-order valence-electron chi connectivity index (χ3n) is 1.92. The Kier molecular flexibility index (Phi) is 4.33. The average Bonchev–Trinajstić information content (AvgIpc) is 2.27. The van der Waals surface area contributed by atoms with Crippen molar-refractivity contribution in [1.29, 1.82) is 0 Å². The number of hydrogen-bond acceptors (Lipinski definition) is 3. The van der Waals surface area contributed by atoms with Crippen LogP contribution in [0.25, 0.3) is 0 Å². The van der Waals surface area contributed by atoms with Crippen molar-refractivity contribution in [3.05, 3.63) is 35.4 Å². The standard InChI is InChI=1S/C10H11F3N2O2/c11-10(12,13)6-17-5-7-3-1-2-4-8(7)9(14)15-16/h1-4,16H,5-6H2,(H2,14,15). The van der Waals surface area contributed by atoms with Crippen LogP contribution in [0.4, 0.5) is 13.2 Å². The van der Waals surface area contributed by atoms with Gasteiger partial charge in [-0.05, 0) is 5.56 Å². The Hall–Kier alpha value is -1.76. The Morgan fingerprint density at radius 3 is 2.59 bits per heavy atom. The highest BCUT2D eigenvalue weighted by atomic mass is 19.4. The Morgan fingerprint density at radius 2 is 2.00 bits per heavy atom. The van der Waals surface area contributed by atoms with Crippen LogP contribution in [0.5, 0.6) is 0 Å². The summed E-state index contributed by atoms with van der Waals surface area (Å²) >= 11 is 0. The number of halogens is 3. The first-order chi connectivity index (χ1) is 7.94. The normalized spacial score (nSPS) is 12.8. The molecule has 1 aromatic rings. The summed E-state index contributed by atoms with van der Waals surface area (Å²) in [5.74, 6) is -0.170. The first kappa shape index (κ1) is 13.3. The van der Waals surface area contributed by atoms with Gasteiger partial charge >= 0.3 is 6.18 Å². The summed E-state index contributed by atoms with van der Waals surface area (Å²) in [6.07, 6.45) is -4.37. The molecule has 0 aliphatic rings. The maximum atomic E-state index is 11.9. The molecule has 0 aliphatic heterocycles. The van der Waals surface area contributed by atoms with E-state index in [2.05, 4.69) is 9.89 Å². The number of benzene rings is 1. The van der Waals surface area contributed by atoms with Crippen LogP contribution in [-0.4, -0.2) is 23.8 Å². The first-order valence-corrected chi connectivity index (χ1v) is 4.64. The van der Waals surface area contributed by atoms with E-state index in [9.17, 15) is 13.2 Å². The average molecular weight is 248 g/mol. The lowest BCUT2D eigenvalue weighted by Crippen LogP contribution is -2.19. The van der Waals surface area contributed by atoms with Crippen LogP contribution in [0.2, 0.25) is 0 Å². The van der Waals surface area contributed by atoms with Crippen LogP contribution < -0.4 is 5.73 Å². The molecule has 17 heavy (non-hydrogen) atoms. The number of nitrogens with zero attached hydrogens (tertiary/aromatic N) is 1. The van der Waals surface area contributed by atoms with Gasteiger partial charge in [0, 0.05) is 5.56 Å². The second-order valence-corrected chi connectivity index (χ2v) is 3.25. The van der Waals surface area contributed by atoms with Crippen LogP contribution in [0.3, 0.4) is 0 Å². The van der Waals surface area contributed by atoms with Crippen molar-refractivity contribution in [2.45, 2.75) is 12.8 Å². The van der Waals surface area contributed by atoms with Crippen molar-refractivity contribution >= 4 is 5.84 Å². The summed E-state index contributed by atoms with van der Waals surface area (Å²) in [5.41, 5.74) is 6.14. The number of amidine groups is 1. The van der Waals surface area contributed by atoms with Crippen molar-refractivity contribution < 1.29 is 23.1 Å². The van der Waals surface area contributed by atoms with Gasteiger partial charge in [-0.2, -0.15) is 13.2 Å². The van der Waals surface area contributed by atoms with Crippen LogP contribution in [0.15, 0.2) is 29.4 Å². The first-order valence-electron chi connectivity index (χ1n) is 4.64. The third kappa shape index (κ3) is 4.31. The zero-order valence-electron chi connectivity index (χ0n) is 8.74. The number of alkyl halides is 3. The number of rotatable bonds is 4. The van der Waals surface area contributed by atoms with E-state index in [1.54, 1.807) is 18.2 Å². The van der Waals surface area contributed by atoms with E-state index in [1.807, 2.05) is 0 Å². The summed E-state index contributed by atoms with van der Waals surface area (Å²) in [6, 6.07) is 6.33. The molecule has 4 nitrogen and oxygen atoms in total. The Bertz CT molecular complexity index is 405. The fourth-order valence-corrected chi connectivity index (χ4v) is 1.23. The van der Waals surface area contributed by atoms with Crippen molar-refractivity contribution in [2.24, 2.45) is 10.9 Å². The molecule has 0 amide bonds. The van der Waals surface area contributed by atoms with Gasteiger partial charge in [-0.15, -0.1) is 0 Å². The zero-order valence-corrected chi connectivity index (χ0v) is 8.74. The second kappa shape index (κ2) is 5.53. The molecule has 0 fully saturated rings. The molecule has 0 saturated heterocycles. The van der Waals surface area contributed by atoms with Gasteiger partial charge in [0.1, 0.15) is 6.61 Å². The highest BCUT2D eigenvalue weighted by molar-refractivity contribution is 5.98. The minimum absolute atomic E-state index is 0.170. The van der Waals surface area contributed by atoms with Gasteiger partial charge in [-0.3, -0.25) is 0 Å². The number of oxime groups is 1. The van der Waals surface area contributed by atoms with Crippen LogP contribution >= 0.6 is 0 Å². The van der Waals surface area contributed by atoms with Gasteiger partial charge in [0.05, 0.1) is 6.61 Å². The van der Waals surface area contributed by atoms with E-state index in [1.165, 1.54) is 6.07 Å². The van der Waals surface area contributed by atoms with Crippen molar-refractivity contribution in [3.8, 4) is 0 Å². The number of nitrogens with two attached hydrogens (primary N) is 1. The van der Waals surface area contributed by atoms with Gasteiger partial charge in [0.2, 0.25) is 0 Å². The number of ether oxygens (including phenoxy) is 1. The molecule has 7 heteroatoms. The largest absolute Gasteiger partial charge is 0.411 e. The van der Waals surface area contributed by atoms with Crippen molar-refractivity contribution in [1.82, 2.24) is 0 Å². The molecule has 1 aromatic carbocycles. The smallest absolute Gasteiger partial charge is 0.409 e. The van der Waals surface area contributed by atoms with Gasteiger partial charge < -0.3 is 15.7 Å². The Labute approximate surface area is 95.5 Å². The van der Waals surface area contributed by atoms with Crippen molar-refractivity contribution in [3.63, 3.8) is 0 Å². The molecule has 3 N–H and O–H groups in total. The van der Waals surface area contributed by atoms with Gasteiger partial charge in [0.25, 0.3) is 0 Å². The molecule has 94 valence electrons. The van der Waals surface area contributed by atoms with Crippen molar-refractivity contribution in [2.75, 3.05) is 6.61 Å². The molecular weight excluding hydrogens is 237 g/mol. The molecule has 0 unspecified atom stereocenters. The lowest BCUT2D eigenvalue weighted by atomic mass is 10.1. The van der Waals surface area contributed by atoms with Gasteiger partial charge in [-0.25, -0.2) is 0 Å². The van der Waals surface area contributed by atoms with E-state index in [0.29, 0.717) is 11.1 Å². The second-order valence-electron chi connectivity index (χ2n) is 3.25. The zero-order chi connectivity index (χ0) is 12.9. The summed E-state index contributed by atoms with van der Waals surface area (Å²) in [6.45, 7) is -1.59. The third-order valence-corrected chi connectivity index (χ3v) is 1.92. The molecule has 0 spiro atoms. The summed E-state index contributed by atoms with van der Waals surface area (Å²) in [4.78, 5) is 0. The maximum absolute atomic E-state index is 11.9. The van der Waals surface area contributed by atoms with E-state index in [-0.39, 0.29) is 12.4 Å². The predicted octanol–water partition coefficient (Wildman–Crippen LogP) is 1.86. The van der Waals surface area contributed by atoms with Crippen LogP contribution in [0, 0.1) is 0 Å². The SMILES string of the molecule is N/C(=N\O)c1ccccc1COCC(F)(F)F. The maximum Gasteiger partial charge on any atom is 0.411 e. The predicted molar refractivity (Wildman–Crippen MR) is 54.7 cm³/mol. The summed E-state index contributed by atoms with van der Waals surface area (Å²) in [5, 5.41) is 11.3. The fourth-order valence-electron chi connectivity index (χ4n) is 1.23. The summed E-state index contributed by atoms with van der Waals surface area (Å²) in [7, 11) is 0. The lowest BCUT2D eigenvalue weighted by molar-refractivity contribution is -0.176. The van der Waals surface area contributed by atoms with E-state index >= 15 is 0 Å². The summed E-state index contributed by atoms with van der Waals surface area (Å²) < 4.78 is 40.1. The highest BCUT2D eigenvalue weighted by Gasteiger charge is 2.27. The van der Waals surface area contributed by atoms with E-state index in [0.717, 1.165) is 0 Å². The molecule has 0 heterocycles. The molecule has 0 aromatic heterocycles. The van der Waals surface area contributed by atoms with Crippen LogP contribution in [0.1, 0.15) is 11.1 Å². The molecule has 0 bridgehead atoms. The van der Waals surface area contributed by atoms with Gasteiger partial charge in [0.15, 0.2) is 5.84 Å². The topological polar surface area (TPSA) is 67.8 Å². The minimum Gasteiger partial charge on any atom is -0.409 e. The molecule has 0 radical (unpaired) electrons. The fraction of sp³-hybridized carbons (Fsp3) is 0.300. The van der Waals surface area contributed by atoms with E-state index in [4.69, 9.17) is 10.9 Å². The minimum atomic E-state index is -4.37. The Balaban J connectivity index is 2.71.